The van der Waals surface area contributed by atoms with Crippen LogP contribution in [0.4, 0.5) is 10.5 Å². The Bertz CT molecular complexity index is 481. The highest BCUT2D eigenvalue weighted by atomic mass is 35.5. The van der Waals surface area contributed by atoms with Crippen LogP contribution in [0, 0.1) is 0 Å². The van der Waals surface area contributed by atoms with Crippen LogP contribution in [0.3, 0.4) is 0 Å². The van der Waals surface area contributed by atoms with Crippen LogP contribution in [0.15, 0.2) is 24.3 Å². The van der Waals surface area contributed by atoms with Crippen molar-refractivity contribution in [2.75, 3.05) is 38.7 Å². The first kappa shape index (κ1) is 19.5. The van der Waals surface area contributed by atoms with E-state index < -0.39 is 12.2 Å². The summed E-state index contributed by atoms with van der Waals surface area (Å²) in [4.78, 5) is 13.2. The number of nitrogens with one attached hydrogen (secondary N) is 2. The van der Waals surface area contributed by atoms with Crippen LogP contribution in [0.1, 0.15) is 19.3 Å². The van der Waals surface area contributed by atoms with Gasteiger partial charge in [0.1, 0.15) is 25.0 Å². The molecule has 1 unspecified atom stereocenters. The minimum absolute atomic E-state index is 0. The van der Waals surface area contributed by atoms with Crippen molar-refractivity contribution in [3.05, 3.63) is 24.3 Å². The molecule has 1 aromatic carbocycles. The van der Waals surface area contributed by atoms with Crippen molar-refractivity contribution in [2.45, 2.75) is 25.4 Å². The third-order valence-corrected chi connectivity index (χ3v) is 3.84. The lowest BCUT2D eigenvalue weighted by molar-refractivity contribution is -0.908. The Kier molecular flexibility index (Phi) is 8.76. The summed E-state index contributed by atoms with van der Waals surface area (Å²) in [6, 6.07) is 7.10. The molecule has 1 amide bonds. The fraction of sp³-hybridized carbons (Fsp3) is 0.562. The molecule has 1 atom stereocenters. The number of halogens is 1. The van der Waals surface area contributed by atoms with Gasteiger partial charge in [0.05, 0.1) is 25.9 Å². The zero-order valence-electron chi connectivity index (χ0n) is 13.4. The minimum atomic E-state index is -0.628. The number of hydrogen-bond donors (Lipinski definition) is 3. The van der Waals surface area contributed by atoms with Crippen LogP contribution in [0.2, 0.25) is 0 Å². The van der Waals surface area contributed by atoms with Crippen LogP contribution in [0.5, 0.6) is 5.75 Å². The van der Waals surface area contributed by atoms with Crippen molar-refractivity contribution in [2.24, 2.45) is 0 Å². The molecule has 1 aliphatic rings. The zero-order valence-corrected chi connectivity index (χ0v) is 14.1. The summed E-state index contributed by atoms with van der Waals surface area (Å²) >= 11 is 0. The number of para-hydroxylation sites is 2. The normalized spacial score (nSPS) is 16.1. The van der Waals surface area contributed by atoms with Crippen molar-refractivity contribution in [1.29, 1.82) is 0 Å². The maximum Gasteiger partial charge on any atom is 0.411 e. The summed E-state index contributed by atoms with van der Waals surface area (Å²) in [5.74, 6) is 0.567. The van der Waals surface area contributed by atoms with E-state index in [4.69, 9.17) is 9.47 Å². The summed E-state index contributed by atoms with van der Waals surface area (Å²) in [6.45, 7) is 2.81. The molecule has 0 aromatic heterocycles. The first-order valence-corrected chi connectivity index (χ1v) is 7.77. The average Bonchev–Trinajstić information content (AvgIpc) is 2.54. The quantitative estimate of drug-likeness (QED) is 0.542. The van der Waals surface area contributed by atoms with Crippen LogP contribution in [0.25, 0.3) is 0 Å². The predicted molar refractivity (Wildman–Crippen MR) is 83.4 cm³/mol. The van der Waals surface area contributed by atoms with Crippen LogP contribution < -0.4 is 27.4 Å². The highest BCUT2D eigenvalue weighted by molar-refractivity contribution is 5.86. The molecule has 3 N–H and O–H groups in total. The molecule has 1 heterocycles. The number of hydrogen-bond acceptors (Lipinski definition) is 4. The SMILES string of the molecule is COc1ccccc1NC(=O)OCC(O)C[NH+]1CCCCC1.[Cl-]. The largest absolute Gasteiger partial charge is 1.00 e. The topological polar surface area (TPSA) is 72.2 Å². The van der Waals surface area contributed by atoms with Crippen LogP contribution >= 0.6 is 0 Å². The number of carbonyl (C=O) groups excluding carboxylic acids is 1. The molecule has 0 aliphatic carbocycles. The van der Waals surface area contributed by atoms with Gasteiger partial charge < -0.3 is 31.9 Å². The lowest BCUT2D eigenvalue weighted by Gasteiger charge is -2.25. The molecular formula is C16H25ClN2O4. The number of methoxy groups -OCH3 is 1. The summed E-state index contributed by atoms with van der Waals surface area (Å²) < 4.78 is 10.2. The van der Waals surface area contributed by atoms with Gasteiger partial charge in [0.15, 0.2) is 0 Å². The number of benzene rings is 1. The van der Waals surface area contributed by atoms with E-state index in [1.165, 1.54) is 31.3 Å². The number of anilines is 1. The molecule has 23 heavy (non-hydrogen) atoms. The van der Waals surface area contributed by atoms with E-state index in [0.29, 0.717) is 18.0 Å². The highest BCUT2D eigenvalue weighted by Gasteiger charge is 2.19. The maximum absolute atomic E-state index is 11.8. The van der Waals surface area contributed by atoms with Crippen LogP contribution in [-0.4, -0.2) is 50.7 Å². The van der Waals surface area contributed by atoms with Gasteiger partial charge in [-0.3, -0.25) is 5.32 Å². The van der Waals surface area contributed by atoms with Crippen molar-refractivity contribution in [3.8, 4) is 5.75 Å². The van der Waals surface area contributed by atoms with Gasteiger partial charge in [-0.1, -0.05) is 12.1 Å². The van der Waals surface area contributed by atoms with Crippen molar-refractivity contribution < 1.29 is 36.7 Å². The fourth-order valence-electron chi connectivity index (χ4n) is 2.71. The lowest BCUT2D eigenvalue weighted by Crippen LogP contribution is -3.14. The molecule has 1 fully saturated rings. The van der Waals surface area contributed by atoms with Crippen molar-refractivity contribution in [3.63, 3.8) is 0 Å². The number of quaternary nitrogens is 1. The second kappa shape index (κ2) is 10.3. The first-order chi connectivity index (χ1) is 10.7. The number of likely N-dealkylation sites (tertiary alicyclic amines) is 1. The van der Waals surface area contributed by atoms with Gasteiger partial charge in [0, 0.05) is 0 Å². The van der Waals surface area contributed by atoms with Gasteiger partial charge in [-0.05, 0) is 31.4 Å². The highest BCUT2D eigenvalue weighted by Crippen LogP contribution is 2.22. The monoisotopic (exact) mass is 344 g/mol. The molecule has 7 heteroatoms. The van der Waals surface area contributed by atoms with Gasteiger partial charge in [-0.25, -0.2) is 4.79 Å². The number of aliphatic hydroxyl groups excluding tert-OH is 1. The average molecular weight is 345 g/mol. The smallest absolute Gasteiger partial charge is 0.411 e. The van der Waals surface area contributed by atoms with E-state index in [2.05, 4.69) is 5.32 Å². The van der Waals surface area contributed by atoms with Gasteiger partial charge in [-0.15, -0.1) is 0 Å². The molecule has 6 nitrogen and oxygen atoms in total. The molecule has 130 valence electrons. The maximum atomic E-state index is 11.8. The zero-order chi connectivity index (χ0) is 15.8. The Balaban J connectivity index is 0.00000264. The molecule has 0 radical (unpaired) electrons. The number of carbonyl (C=O) groups is 1. The molecule has 1 saturated heterocycles. The number of piperidine rings is 1. The molecule has 1 aliphatic heterocycles. The van der Waals surface area contributed by atoms with Gasteiger partial charge in [0.2, 0.25) is 0 Å². The second-order valence-electron chi connectivity index (χ2n) is 5.59. The van der Waals surface area contributed by atoms with Gasteiger partial charge in [-0.2, -0.15) is 0 Å². The number of ether oxygens (including phenoxy) is 2. The van der Waals surface area contributed by atoms with E-state index >= 15 is 0 Å². The Labute approximate surface area is 143 Å². The third kappa shape index (κ3) is 6.64. The third-order valence-electron chi connectivity index (χ3n) is 3.84. The lowest BCUT2D eigenvalue weighted by atomic mass is 10.1. The fourth-order valence-corrected chi connectivity index (χ4v) is 2.71. The molecule has 1 aromatic rings. The Morgan fingerprint density at radius 3 is 2.70 bits per heavy atom. The Morgan fingerprint density at radius 1 is 1.30 bits per heavy atom. The second-order valence-corrected chi connectivity index (χ2v) is 5.59. The van der Waals surface area contributed by atoms with Gasteiger partial charge >= 0.3 is 6.09 Å². The molecular weight excluding hydrogens is 320 g/mol. The predicted octanol–water partition coefficient (Wildman–Crippen LogP) is -2.32. The van der Waals surface area contributed by atoms with Crippen molar-refractivity contribution >= 4 is 11.8 Å². The molecule has 0 saturated carbocycles. The minimum Gasteiger partial charge on any atom is -1.00 e. The summed E-state index contributed by atoms with van der Waals surface area (Å²) in [5.41, 5.74) is 0.547. The van der Waals surface area contributed by atoms with E-state index in [1.807, 2.05) is 6.07 Å². The van der Waals surface area contributed by atoms with Crippen LogP contribution in [-0.2, 0) is 4.74 Å². The molecule has 0 bridgehead atoms. The van der Waals surface area contributed by atoms with E-state index in [-0.39, 0.29) is 19.0 Å². The Hall–Kier alpha value is -1.50. The summed E-state index contributed by atoms with van der Waals surface area (Å²) in [7, 11) is 1.54. The van der Waals surface area contributed by atoms with E-state index in [0.717, 1.165) is 13.1 Å². The molecule has 2 rings (SSSR count). The molecule has 0 spiro atoms. The van der Waals surface area contributed by atoms with Gasteiger partial charge in [0.25, 0.3) is 0 Å². The van der Waals surface area contributed by atoms with E-state index in [9.17, 15) is 9.90 Å². The summed E-state index contributed by atoms with van der Waals surface area (Å²) in [6.07, 6.45) is 2.47. The number of aliphatic hydroxyl groups is 1. The van der Waals surface area contributed by atoms with Crippen molar-refractivity contribution in [1.82, 2.24) is 0 Å². The van der Waals surface area contributed by atoms with E-state index in [1.54, 1.807) is 18.2 Å². The first-order valence-electron chi connectivity index (χ1n) is 7.77. The Morgan fingerprint density at radius 2 is 2.00 bits per heavy atom. The summed E-state index contributed by atoms with van der Waals surface area (Å²) in [5, 5.41) is 12.6. The number of amides is 1. The number of rotatable bonds is 6. The standard InChI is InChI=1S/C16H24N2O4.ClH/c1-21-15-8-4-3-7-14(15)17-16(20)22-12-13(19)11-18-9-5-2-6-10-18;/h3-4,7-8,13,19H,2,5-6,9-12H2,1H3,(H,17,20);1H.